The summed E-state index contributed by atoms with van der Waals surface area (Å²) in [5, 5.41) is 23.3. The number of nitrogens with one attached hydrogen (secondary N) is 9. The second kappa shape index (κ2) is 30.1. The van der Waals surface area contributed by atoms with Crippen LogP contribution in [0.3, 0.4) is 0 Å². The molecule has 1 fully saturated rings. The quantitative estimate of drug-likeness (QED) is 0.0508. The van der Waals surface area contributed by atoms with Crippen molar-refractivity contribution in [2.24, 2.45) is 35.5 Å². The van der Waals surface area contributed by atoms with Gasteiger partial charge in [-0.3, -0.25) is 43.2 Å². The molecule has 9 N–H and O–H groups in total. The minimum atomic E-state index is -1.10. The van der Waals surface area contributed by atoms with Crippen LogP contribution in [0.15, 0.2) is 0 Å². The number of hydrogen-bond acceptors (Lipinski definition) is 13. The van der Waals surface area contributed by atoms with Crippen molar-refractivity contribution >= 4 is 65.2 Å². The van der Waals surface area contributed by atoms with Gasteiger partial charge in [-0.25, -0.2) is 9.59 Å². The molecule has 0 aliphatic carbocycles. The molecule has 0 saturated carbocycles. The van der Waals surface area contributed by atoms with Gasteiger partial charge in [0.1, 0.15) is 47.9 Å². The topological polar surface area (TPSA) is 318 Å². The Labute approximate surface area is 425 Å². The first-order valence-corrected chi connectivity index (χ1v) is 25.0. The van der Waals surface area contributed by atoms with Gasteiger partial charge in [0.25, 0.3) is 0 Å². The predicted molar refractivity (Wildman–Crippen MR) is 267 cm³/mol. The van der Waals surface area contributed by atoms with Gasteiger partial charge in [0.2, 0.25) is 53.2 Å². The van der Waals surface area contributed by atoms with Gasteiger partial charge in [-0.1, -0.05) is 83.1 Å². The normalized spacial score (nSPS) is 16.2. The van der Waals surface area contributed by atoms with Crippen molar-refractivity contribution in [3.8, 4) is 0 Å². The van der Waals surface area contributed by atoms with Crippen molar-refractivity contribution in [3.05, 3.63) is 0 Å². The maximum atomic E-state index is 14.0. The molecule has 0 aromatic carbocycles. The first-order valence-electron chi connectivity index (χ1n) is 25.0. The molecular formula is C49H86N10O13. The number of hydrogen-bond donors (Lipinski definition) is 9. The van der Waals surface area contributed by atoms with Gasteiger partial charge in [-0.2, -0.15) is 0 Å². The molecule has 0 spiro atoms. The maximum Gasteiger partial charge on any atom is 0.408 e. The van der Waals surface area contributed by atoms with Gasteiger partial charge in [-0.05, 0) is 82.0 Å². The minimum Gasteiger partial charge on any atom is -0.467 e. The van der Waals surface area contributed by atoms with Crippen molar-refractivity contribution in [1.82, 2.24) is 52.8 Å². The summed E-state index contributed by atoms with van der Waals surface area (Å²) < 4.78 is 10.1. The first-order chi connectivity index (χ1) is 33.3. The van der Waals surface area contributed by atoms with Gasteiger partial charge < -0.3 is 62.2 Å². The molecule has 0 unspecified atom stereocenters. The predicted octanol–water partition coefficient (Wildman–Crippen LogP) is 0.532. The van der Waals surface area contributed by atoms with Crippen LogP contribution in [0.1, 0.15) is 130 Å². The van der Waals surface area contributed by atoms with Gasteiger partial charge in [0.15, 0.2) is 0 Å². The molecule has 1 rings (SSSR count). The molecule has 72 heavy (non-hydrogen) atoms. The van der Waals surface area contributed by atoms with E-state index >= 15 is 0 Å². The second-order valence-electron chi connectivity index (χ2n) is 21.5. The smallest absolute Gasteiger partial charge is 0.408 e. The second-order valence-corrected chi connectivity index (χ2v) is 21.5. The van der Waals surface area contributed by atoms with Crippen LogP contribution in [0.25, 0.3) is 0 Å². The molecule has 0 radical (unpaired) electrons. The van der Waals surface area contributed by atoms with E-state index in [1.165, 1.54) is 12.0 Å². The lowest BCUT2D eigenvalue weighted by Crippen LogP contribution is -2.58. The number of nitrogens with zero attached hydrogens (tertiary/aromatic N) is 1. The fraction of sp³-hybridized carbons (Fsp3) is 0.776. The lowest BCUT2D eigenvalue weighted by Gasteiger charge is -2.30. The number of carbonyl (C=O) groups is 11. The summed E-state index contributed by atoms with van der Waals surface area (Å²) in [6, 6.07) is -7.27. The van der Waals surface area contributed by atoms with Crippen molar-refractivity contribution in [3.63, 3.8) is 0 Å². The number of ether oxygens (including phenoxy) is 2. The fourth-order valence-corrected chi connectivity index (χ4v) is 7.59. The Kier molecular flexibility index (Phi) is 26.8. The highest BCUT2D eigenvalue weighted by Crippen LogP contribution is 2.21. The molecule has 10 amide bonds. The first kappa shape index (κ1) is 64.0. The van der Waals surface area contributed by atoms with E-state index in [9.17, 15) is 52.7 Å². The number of rotatable bonds is 27. The van der Waals surface area contributed by atoms with Gasteiger partial charge >= 0.3 is 12.1 Å². The van der Waals surface area contributed by atoms with E-state index in [2.05, 4.69) is 47.9 Å². The van der Waals surface area contributed by atoms with Crippen LogP contribution in [0.5, 0.6) is 0 Å². The molecule has 23 nitrogen and oxygen atoms in total. The third kappa shape index (κ3) is 22.6. The van der Waals surface area contributed by atoms with E-state index in [4.69, 9.17) is 9.47 Å². The number of likely N-dealkylation sites (tertiary alicyclic amines) is 1. The molecule has 410 valence electrons. The van der Waals surface area contributed by atoms with E-state index in [0.29, 0.717) is 6.42 Å². The van der Waals surface area contributed by atoms with Crippen LogP contribution in [0, 0.1) is 35.5 Å². The maximum absolute atomic E-state index is 14.0. The summed E-state index contributed by atoms with van der Waals surface area (Å²) in [5.74, 6) is -8.15. The number of methoxy groups -OCH3 is 1. The van der Waals surface area contributed by atoms with E-state index < -0.39 is 151 Å². The standard InChI is InChI=1S/C49H86N10O13/c1-25(2)20-31(41(63)50-23-35(61)55-38(28(7)8)45(67)58-40(30(11)12)47(69)71-16)53-34(60)22-51-43(65)33-18-17-19-59(33)46(68)39(29(9)10)56-36(62)24-52-44(66)37(27(5)6)57-42(64)32(21-26(3)4)54-48(70)72-49(13,14)15/h25-33,37-40H,17-24H2,1-16H3,(H,50,63)(H,51,65)(H,52,66)(H,53,60)(H,54,70)(H,55,61)(H,56,62)(H,57,64)(H,58,67)/t31-,32-,33+,37-,38-,39-,40-/m0/s1. The average molecular weight is 1020 g/mol. The highest BCUT2D eigenvalue weighted by molar-refractivity contribution is 5.97. The largest absolute Gasteiger partial charge is 0.467 e. The zero-order valence-electron chi connectivity index (χ0n) is 45.4. The molecule has 0 bridgehead atoms. The van der Waals surface area contributed by atoms with E-state index in [-0.39, 0.29) is 43.6 Å². The molecule has 1 heterocycles. The lowest BCUT2D eigenvalue weighted by molar-refractivity contribution is -0.147. The van der Waals surface area contributed by atoms with Crippen molar-refractivity contribution in [2.45, 2.75) is 177 Å². The molecule has 1 aliphatic rings. The summed E-state index contributed by atoms with van der Waals surface area (Å²) >= 11 is 0. The van der Waals surface area contributed by atoms with E-state index in [1.807, 2.05) is 27.7 Å². The summed E-state index contributed by atoms with van der Waals surface area (Å²) in [6.45, 7) is 24.7. The molecule has 1 aliphatic heterocycles. The zero-order chi connectivity index (χ0) is 55.4. The van der Waals surface area contributed by atoms with E-state index in [0.717, 1.165) is 0 Å². The average Bonchev–Trinajstić information content (AvgIpc) is 3.76. The van der Waals surface area contributed by atoms with Crippen LogP contribution in [-0.4, -0.2) is 151 Å². The number of alkyl carbamates (subject to hydrolysis) is 1. The number of esters is 1. The SMILES string of the molecule is COC(=O)[C@@H](NC(=O)[C@@H](NC(=O)CNC(=O)[C@H](CC(C)C)NC(=O)CNC(=O)[C@H]1CCCN1C(=O)[C@@H](NC(=O)CNC(=O)[C@@H](NC(=O)[C@H](CC(C)C)NC(=O)OC(C)(C)C)C(C)C)C(C)C)C(C)C)C(C)C. The Hall–Kier alpha value is -6.03. The van der Waals surface area contributed by atoms with Crippen molar-refractivity contribution in [1.29, 1.82) is 0 Å². The molecular weight excluding hydrogens is 937 g/mol. The van der Waals surface area contributed by atoms with Crippen LogP contribution in [0.4, 0.5) is 4.79 Å². The van der Waals surface area contributed by atoms with Crippen molar-refractivity contribution in [2.75, 3.05) is 33.3 Å². The monoisotopic (exact) mass is 1020 g/mol. The molecule has 7 atom stereocenters. The highest BCUT2D eigenvalue weighted by atomic mass is 16.6. The number of amides is 10. The molecule has 23 heteroatoms. The Bertz CT molecular complexity index is 1900. The Morgan fingerprint density at radius 2 is 0.944 bits per heavy atom. The Balaban J connectivity index is 2.92. The van der Waals surface area contributed by atoms with Crippen LogP contribution in [-0.2, 0) is 57.4 Å². The Morgan fingerprint density at radius 1 is 0.514 bits per heavy atom. The summed E-state index contributed by atoms with van der Waals surface area (Å²) in [5.41, 5.74) is -0.804. The van der Waals surface area contributed by atoms with Crippen molar-refractivity contribution < 1.29 is 62.2 Å². The van der Waals surface area contributed by atoms with Gasteiger partial charge in [0.05, 0.1) is 26.7 Å². The summed E-state index contributed by atoms with van der Waals surface area (Å²) in [6.07, 6.45) is 0.371. The molecule has 0 aromatic rings. The molecule has 0 aromatic heterocycles. The van der Waals surface area contributed by atoms with Crippen LogP contribution in [0.2, 0.25) is 0 Å². The summed E-state index contributed by atoms with van der Waals surface area (Å²) in [4.78, 5) is 146. The molecule has 1 saturated heterocycles. The zero-order valence-corrected chi connectivity index (χ0v) is 45.4. The fourth-order valence-electron chi connectivity index (χ4n) is 7.59. The van der Waals surface area contributed by atoms with Crippen LogP contribution >= 0.6 is 0 Å². The lowest BCUT2D eigenvalue weighted by atomic mass is 10.00. The number of carbonyl (C=O) groups excluding carboxylic acids is 11. The summed E-state index contributed by atoms with van der Waals surface area (Å²) in [7, 11) is 1.20. The third-order valence-corrected chi connectivity index (χ3v) is 11.4. The van der Waals surface area contributed by atoms with Gasteiger partial charge in [-0.15, -0.1) is 0 Å². The third-order valence-electron chi connectivity index (χ3n) is 11.4. The highest BCUT2D eigenvalue weighted by Gasteiger charge is 2.39. The van der Waals surface area contributed by atoms with Gasteiger partial charge in [0, 0.05) is 6.54 Å². The minimum absolute atomic E-state index is 0.000661. The Morgan fingerprint density at radius 3 is 1.42 bits per heavy atom. The van der Waals surface area contributed by atoms with Crippen LogP contribution < -0.4 is 47.9 Å². The van der Waals surface area contributed by atoms with E-state index in [1.54, 1.807) is 76.2 Å².